The van der Waals surface area contributed by atoms with Gasteiger partial charge < -0.3 is 14.8 Å². The van der Waals surface area contributed by atoms with Crippen LogP contribution >= 0.6 is 0 Å². The first kappa shape index (κ1) is 15.3. The van der Waals surface area contributed by atoms with Gasteiger partial charge in [0, 0.05) is 19.7 Å². The Balaban J connectivity index is 1.65. The van der Waals surface area contributed by atoms with Gasteiger partial charge in [0.2, 0.25) is 0 Å². The van der Waals surface area contributed by atoms with Crippen molar-refractivity contribution in [2.24, 2.45) is 0 Å². The van der Waals surface area contributed by atoms with E-state index in [-0.39, 0.29) is 5.82 Å². The molecule has 0 radical (unpaired) electrons. The van der Waals surface area contributed by atoms with Crippen LogP contribution in [0.2, 0.25) is 0 Å². The first-order chi connectivity index (χ1) is 9.79. The number of hydrogen-bond acceptors (Lipinski definition) is 3. The summed E-state index contributed by atoms with van der Waals surface area (Å²) in [6.07, 6.45) is 6.20. The third-order valence-electron chi connectivity index (χ3n) is 3.88. The van der Waals surface area contributed by atoms with Gasteiger partial charge in [-0.2, -0.15) is 0 Å². The summed E-state index contributed by atoms with van der Waals surface area (Å²) in [6.45, 7) is 1.24. The molecule has 0 saturated heterocycles. The fraction of sp³-hybridized carbons (Fsp3) is 0.625. The molecule has 2 atom stereocenters. The van der Waals surface area contributed by atoms with Gasteiger partial charge >= 0.3 is 0 Å². The predicted octanol–water partition coefficient (Wildman–Crippen LogP) is 3.14. The summed E-state index contributed by atoms with van der Waals surface area (Å²) in [5.74, 6) is 0.0273. The van der Waals surface area contributed by atoms with Crippen molar-refractivity contribution < 1.29 is 13.9 Å². The number of methoxy groups -OCH3 is 1. The van der Waals surface area contributed by atoms with E-state index in [4.69, 9.17) is 9.47 Å². The molecule has 0 spiro atoms. The average molecular weight is 281 g/mol. The second-order valence-corrected chi connectivity index (χ2v) is 5.30. The molecule has 1 fully saturated rings. The van der Waals surface area contributed by atoms with E-state index in [2.05, 4.69) is 5.32 Å². The average Bonchev–Trinajstić information content (AvgIpc) is 2.70. The van der Waals surface area contributed by atoms with E-state index in [1.54, 1.807) is 25.3 Å². The standard InChI is InChI=1S/C16H24FNO2/c1-19-14-6-4-5-13(9-10-14)18-11-12-20-16-8-3-2-7-15(16)17/h2-3,7-8,13-14,18H,4-6,9-12H2,1H3. The van der Waals surface area contributed by atoms with E-state index in [0.29, 0.717) is 24.5 Å². The molecule has 112 valence electrons. The maximum Gasteiger partial charge on any atom is 0.165 e. The van der Waals surface area contributed by atoms with Crippen molar-refractivity contribution in [3.8, 4) is 5.75 Å². The highest BCUT2D eigenvalue weighted by Gasteiger charge is 2.17. The Kier molecular flexibility index (Phi) is 6.27. The predicted molar refractivity (Wildman–Crippen MR) is 77.6 cm³/mol. The highest BCUT2D eigenvalue weighted by molar-refractivity contribution is 5.23. The van der Waals surface area contributed by atoms with Crippen LogP contribution in [-0.2, 0) is 4.74 Å². The summed E-state index contributed by atoms with van der Waals surface area (Å²) in [5.41, 5.74) is 0. The quantitative estimate of drug-likeness (QED) is 0.642. The van der Waals surface area contributed by atoms with Gasteiger partial charge in [-0.3, -0.25) is 0 Å². The Labute approximate surface area is 120 Å². The van der Waals surface area contributed by atoms with Crippen LogP contribution in [0.25, 0.3) is 0 Å². The van der Waals surface area contributed by atoms with Crippen LogP contribution in [0.1, 0.15) is 32.1 Å². The summed E-state index contributed by atoms with van der Waals surface area (Å²) in [5, 5.41) is 3.49. The van der Waals surface area contributed by atoms with Gasteiger partial charge in [-0.1, -0.05) is 12.1 Å². The first-order valence-corrected chi connectivity index (χ1v) is 7.43. The molecule has 1 aliphatic carbocycles. The van der Waals surface area contributed by atoms with Crippen molar-refractivity contribution in [3.63, 3.8) is 0 Å². The molecule has 3 nitrogen and oxygen atoms in total. The van der Waals surface area contributed by atoms with E-state index in [0.717, 1.165) is 25.8 Å². The Hall–Kier alpha value is -1.13. The van der Waals surface area contributed by atoms with Crippen LogP contribution in [0.5, 0.6) is 5.75 Å². The van der Waals surface area contributed by atoms with Crippen LogP contribution in [0.4, 0.5) is 4.39 Å². The summed E-state index contributed by atoms with van der Waals surface area (Å²) >= 11 is 0. The summed E-state index contributed by atoms with van der Waals surface area (Å²) in [7, 11) is 1.79. The molecule has 1 N–H and O–H groups in total. The lowest BCUT2D eigenvalue weighted by Crippen LogP contribution is -2.32. The van der Waals surface area contributed by atoms with Crippen LogP contribution < -0.4 is 10.1 Å². The number of nitrogens with one attached hydrogen (secondary N) is 1. The van der Waals surface area contributed by atoms with Gasteiger partial charge in [0.25, 0.3) is 0 Å². The Morgan fingerprint density at radius 3 is 2.85 bits per heavy atom. The number of hydrogen-bond donors (Lipinski definition) is 1. The van der Waals surface area contributed by atoms with Crippen molar-refractivity contribution in [1.29, 1.82) is 0 Å². The molecule has 2 rings (SSSR count). The number of halogens is 1. The molecule has 1 saturated carbocycles. The largest absolute Gasteiger partial charge is 0.489 e. The van der Waals surface area contributed by atoms with Crippen molar-refractivity contribution in [2.45, 2.75) is 44.2 Å². The Bertz CT molecular complexity index is 400. The maximum atomic E-state index is 13.3. The van der Waals surface area contributed by atoms with Gasteiger partial charge in [-0.25, -0.2) is 4.39 Å². The molecular formula is C16H24FNO2. The fourth-order valence-corrected chi connectivity index (χ4v) is 2.69. The molecular weight excluding hydrogens is 257 g/mol. The van der Waals surface area contributed by atoms with E-state index >= 15 is 0 Å². The van der Waals surface area contributed by atoms with Crippen molar-refractivity contribution in [2.75, 3.05) is 20.3 Å². The minimum Gasteiger partial charge on any atom is -0.489 e. The minimum absolute atomic E-state index is 0.301. The number of benzene rings is 1. The Morgan fingerprint density at radius 1 is 1.20 bits per heavy atom. The first-order valence-electron chi connectivity index (χ1n) is 7.43. The van der Waals surface area contributed by atoms with Gasteiger partial charge in [-0.05, 0) is 44.2 Å². The zero-order chi connectivity index (χ0) is 14.2. The lowest BCUT2D eigenvalue weighted by atomic mass is 10.1. The number of ether oxygens (including phenoxy) is 2. The zero-order valence-corrected chi connectivity index (χ0v) is 12.1. The van der Waals surface area contributed by atoms with Gasteiger partial charge in [0.1, 0.15) is 6.61 Å². The molecule has 1 aromatic rings. The smallest absolute Gasteiger partial charge is 0.165 e. The van der Waals surface area contributed by atoms with Gasteiger partial charge in [-0.15, -0.1) is 0 Å². The molecule has 0 aromatic heterocycles. The number of para-hydroxylation sites is 1. The van der Waals surface area contributed by atoms with Crippen molar-refractivity contribution in [3.05, 3.63) is 30.1 Å². The summed E-state index contributed by atoms with van der Waals surface area (Å²) in [4.78, 5) is 0. The van der Waals surface area contributed by atoms with E-state index in [1.165, 1.54) is 18.9 Å². The van der Waals surface area contributed by atoms with Crippen LogP contribution in [-0.4, -0.2) is 32.4 Å². The molecule has 4 heteroatoms. The van der Waals surface area contributed by atoms with E-state index in [1.807, 2.05) is 0 Å². The normalized spacial score (nSPS) is 23.3. The van der Waals surface area contributed by atoms with Gasteiger partial charge in [0.15, 0.2) is 11.6 Å². The summed E-state index contributed by atoms with van der Waals surface area (Å²) < 4.78 is 24.2. The second kappa shape index (κ2) is 8.22. The molecule has 0 amide bonds. The Morgan fingerprint density at radius 2 is 2.05 bits per heavy atom. The van der Waals surface area contributed by atoms with Crippen LogP contribution in [0.3, 0.4) is 0 Å². The maximum absolute atomic E-state index is 13.3. The molecule has 1 aliphatic rings. The molecule has 20 heavy (non-hydrogen) atoms. The molecule has 1 aromatic carbocycles. The van der Waals surface area contributed by atoms with Crippen LogP contribution in [0, 0.1) is 5.82 Å². The van der Waals surface area contributed by atoms with Gasteiger partial charge in [0.05, 0.1) is 6.10 Å². The summed E-state index contributed by atoms with van der Waals surface area (Å²) in [6, 6.07) is 7.04. The highest BCUT2D eigenvalue weighted by Crippen LogP contribution is 2.20. The van der Waals surface area contributed by atoms with E-state index < -0.39 is 0 Å². The minimum atomic E-state index is -0.301. The second-order valence-electron chi connectivity index (χ2n) is 5.30. The zero-order valence-electron chi connectivity index (χ0n) is 12.1. The fourth-order valence-electron chi connectivity index (χ4n) is 2.69. The van der Waals surface area contributed by atoms with Crippen molar-refractivity contribution >= 4 is 0 Å². The lowest BCUT2D eigenvalue weighted by Gasteiger charge is -2.17. The monoisotopic (exact) mass is 281 g/mol. The third kappa shape index (κ3) is 4.76. The SMILES string of the molecule is COC1CCCC(NCCOc2ccccc2F)CC1. The van der Waals surface area contributed by atoms with Crippen molar-refractivity contribution in [1.82, 2.24) is 5.32 Å². The molecule has 0 heterocycles. The van der Waals surface area contributed by atoms with E-state index in [9.17, 15) is 4.39 Å². The molecule has 0 bridgehead atoms. The lowest BCUT2D eigenvalue weighted by molar-refractivity contribution is 0.0894. The van der Waals surface area contributed by atoms with Crippen LogP contribution in [0.15, 0.2) is 24.3 Å². The highest BCUT2D eigenvalue weighted by atomic mass is 19.1. The number of rotatable bonds is 6. The molecule has 2 unspecified atom stereocenters. The molecule has 0 aliphatic heterocycles. The third-order valence-corrected chi connectivity index (χ3v) is 3.88. The topological polar surface area (TPSA) is 30.5 Å².